The fraction of sp³-hybridized carbons (Fsp3) is 0.429. The van der Waals surface area contributed by atoms with E-state index in [0.717, 1.165) is 11.1 Å². The van der Waals surface area contributed by atoms with Gasteiger partial charge in [0.25, 0.3) is 0 Å². The second kappa shape index (κ2) is 9.26. The van der Waals surface area contributed by atoms with Crippen LogP contribution in [0.2, 0.25) is 0 Å². The molecule has 0 saturated carbocycles. The Kier molecular flexibility index (Phi) is 6.77. The van der Waals surface area contributed by atoms with Crippen molar-refractivity contribution in [1.29, 1.82) is 0 Å². The average molecular weight is 358 g/mol. The zero-order valence-corrected chi connectivity index (χ0v) is 15.2. The third kappa shape index (κ3) is 4.69. The predicted molar refractivity (Wildman–Crippen MR) is 97.4 cm³/mol. The topological polar surface area (TPSA) is 57.2 Å². The third-order valence-corrected chi connectivity index (χ3v) is 4.56. The van der Waals surface area contributed by atoms with E-state index in [2.05, 4.69) is 0 Å². The highest BCUT2D eigenvalue weighted by atomic mass is 16.7. The number of hydrogen-bond donors (Lipinski definition) is 1. The summed E-state index contributed by atoms with van der Waals surface area (Å²) < 4.78 is 23.3. The molecule has 1 N–H and O–H groups in total. The van der Waals surface area contributed by atoms with Gasteiger partial charge in [-0.15, -0.1) is 0 Å². The van der Waals surface area contributed by atoms with E-state index in [1.165, 1.54) is 0 Å². The van der Waals surface area contributed by atoms with E-state index in [4.69, 9.17) is 18.9 Å². The van der Waals surface area contributed by atoms with Crippen molar-refractivity contribution in [1.82, 2.24) is 0 Å². The Morgan fingerprint density at radius 2 is 1.35 bits per heavy atom. The van der Waals surface area contributed by atoms with E-state index in [-0.39, 0.29) is 0 Å². The molecule has 2 aromatic rings. The van der Waals surface area contributed by atoms with Gasteiger partial charge in [-0.25, -0.2) is 0 Å². The highest BCUT2D eigenvalue weighted by Gasteiger charge is 2.45. The normalized spacial score (nSPS) is 28.8. The molecule has 1 saturated heterocycles. The lowest BCUT2D eigenvalue weighted by atomic mass is 9.99. The summed E-state index contributed by atoms with van der Waals surface area (Å²) >= 11 is 0. The lowest BCUT2D eigenvalue weighted by Gasteiger charge is -2.42. The quantitative estimate of drug-likeness (QED) is 0.825. The van der Waals surface area contributed by atoms with Gasteiger partial charge in [0.2, 0.25) is 0 Å². The van der Waals surface area contributed by atoms with Crippen molar-refractivity contribution in [3.63, 3.8) is 0 Å². The molecule has 1 aliphatic rings. The van der Waals surface area contributed by atoms with Gasteiger partial charge >= 0.3 is 0 Å². The molecular formula is C21H26O5. The standard InChI is InChI=1S/C21H26O5/c1-15-18(22)19(24-13-16-9-5-3-6-10-16)20(21(23-2)26-15)25-14-17-11-7-4-8-12-17/h3-12,15,18-22H,13-14H2,1-2H3. The first-order chi connectivity index (χ1) is 12.7. The van der Waals surface area contributed by atoms with Gasteiger partial charge in [0.15, 0.2) is 6.29 Å². The van der Waals surface area contributed by atoms with Gasteiger partial charge in [0.05, 0.1) is 19.3 Å². The molecule has 5 unspecified atom stereocenters. The molecule has 26 heavy (non-hydrogen) atoms. The van der Waals surface area contributed by atoms with E-state index < -0.39 is 30.7 Å². The molecule has 1 aliphatic heterocycles. The predicted octanol–water partition coefficient (Wildman–Crippen LogP) is 2.91. The van der Waals surface area contributed by atoms with Crippen LogP contribution in [0.4, 0.5) is 0 Å². The van der Waals surface area contributed by atoms with Gasteiger partial charge in [-0.3, -0.25) is 0 Å². The molecule has 3 rings (SSSR count). The number of aliphatic hydroxyl groups is 1. The first-order valence-corrected chi connectivity index (χ1v) is 8.86. The summed E-state index contributed by atoms with van der Waals surface area (Å²) in [6.07, 6.45) is -2.89. The van der Waals surface area contributed by atoms with Crippen LogP contribution in [0.15, 0.2) is 60.7 Å². The largest absolute Gasteiger partial charge is 0.388 e. The van der Waals surface area contributed by atoms with Crippen molar-refractivity contribution in [3.8, 4) is 0 Å². The summed E-state index contributed by atoms with van der Waals surface area (Å²) in [6, 6.07) is 19.7. The van der Waals surface area contributed by atoms with E-state index in [1.54, 1.807) is 7.11 Å². The summed E-state index contributed by atoms with van der Waals surface area (Å²) in [5, 5.41) is 10.6. The van der Waals surface area contributed by atoms with Crippen molar-refractivity contribution in [2.75, 3.05) is 7.11 Å². The smallest absolute Gasteiger partial charge is 0.186 e. The number of ether oxygens (including phenoxy) is 4. The Bertz CT molecular complexity index is 604. The lowest BCUT2D eigenvalue weighted by Crippen LogP contribution is -2.59. The van der Waals surface area contributed by atoms with Crippen LogP contribution in [-0.2, 0) is 32.2 Å². The molecule has 5 atom stereocenters. The van der Waals surface area contributed by atoms with E-state index in [9.17, 15) is 5.11 Å². The van der Waals surface area contributed by atoms with Crippen LogP contribution in [0.3, 0.4) is 0 Å². The van der Waals surface area contributed by atoms with E-state index in [1.807, 2.05) is 67.6 Å². The second-order valence-corrected chi connectivity index (χ2v) is 6.46. The van der Waals surface area contributed by atoms with Gasteiger partial charge in [-0.05, 0) is 18.1 Å². The Morgan fingerprint density at radius 1 is 0.846 bits per heavy atom. The monoisotopic (exact) mass is 358 g/mol. The first kappa shape index (κ1) is 19.0. The number of rotatable bonds is 7. The maximum absolute atomic E-state index is 10.6. The fourth-order valence-corrected chi connectivity index (χ4v) is 3.08. The van der Waals surface area contributed by atoms with Crippen LogP contribution in [-0.4, -0.2) is 42.9 Å². The molecular weight excluding hydrogens is 332 g/mol. The molecule has 0 radical (unpaired) electrons. The zero-order valence-electron chi connectivity index (χ0n) is 15.2. The van der Waals surface area contributed by atoms with Crippen molar-refractivity contribution < 1.29 is 24.1 Å². The summed E-state index contributed by atoms with van der Waals surface area (Å²) in [7, 11) is 1.57. The minimum absolute atomic E-state index is 0.386. The summed E-state index contributed by atoms with van der Waals surface area (Å²) in [5.74, 6) is 0. The molecule has 0 aliphatic carbocycles. The molecule has 1 fully saturated rings. The maximum atomic E-state index is 10.6. The van der Waals surface area contributed by atoms with Crippen LogP contribution in [0.1, 0.15) is 18.1 Å². The Balaban J connectivity index is 1.71. The van der Waals surface area contributed by atoms with Crippen molar-refractivity contribution in [3.05, 3.63) is 71.8 Å². The van der Waals surface area contributed by atoms with Crippen LogP contribution >= 0.6 is 0 Å². The summed E-state index contributed by atoms with van der Waals surface area (Å²) in [6.45, 7) is 2.58. The second-order valence-electron chi connectivity index (χ2n) is 6.46. The highest BCUT2D eigenvalue weighted by molar-refractivity contribution is 5.14. The van der Waals surface area contributed by atoms with E-state index in [0.29, 0.717) is 13.2 Å². The van der Waals surface area contributed by atoms with Crippen LogP contribution in [0.25, 0.3) is 0 Å². The van der Waals surface area contributed by atoms with Crippen molar-refractivity contribution >= 4 is 0 Å². The highest BCUT2D eigenvalue weighted by Crippen LogP contribution is 2.27. The number of hydrogen-bond acceptors (Lipinski definition) is 5. The van der Waals surface area contributed by atoms with Crippen LogP contribution in [0, 0.1) is 0 Å². The lowest BCUT2D eigenvalue weighted by molar-refractivity contribution is -0.307. The Morgan fingerprint density at radius 3 is 1.85 bits per heavy atom. The molecule has 140 valence electrons. The van der Waals surface area contributed by atoms with Crippen LogP contribution < -0.4 is 0 Å². The molecule has 0 spiro atoms. The van der Waals surface area contributed by atoms with Gasteiger partial charge in [0, 0.05) is 7.11 Å². The molecule has 1 heterocycles. The van der Waals surface area contributed by atoms with Crippen molar-refractivity contribution in [2.24, 2.45) is 0 Å². The molecule has 2 aromatic carbocycles. The number of methoxy groups -OCH3 is 1. The molecule has 5 nitrogen and oxygen atoms in total. The fourth-order valence-electron chi connectivity index (χ4n) is 3.08. The minimum Gasteiger partial charge on any atom is -0.388 e. The molecule has 0 amide bonds. The number of aliphatic hydroxyl groups excluding tert-OH is 1. The molecule has 0 bridgehead atoms. The van der Waals surface area contributed by atoms with Gasteiger partial charge < -0.3 is 24.1 Å². The summed E-state index contributed by atoms with van der Waals surface area (Å²) in [5.41, 5.74) is 2.08. The maximum Gasteiger partial charge on any atom is 0.186 e. The summed E-state index contributed by atoms with van der Waals surface area (Å²) in [4.78, 5) is 0. The molecule has 0 aromatic heterocycles. The SMILES string of the molecule is COC1OC(C)C(O)C(OCc2ccccc2)C1OCc1ccccc1. The van der Waals surface area contributed by atoms with Crippen LogP contribution in [0.5, 0.6) is 0 Å². The van der Waals surface area contributed by atoms with Crippen molar-refractivity contribution in [2.45, 2.75) is 50.8 Å². The average Bonchev–Trinajstić information content (AvgIpc) is 2.69. The van der Waals surface area contributed by atoms with Gasteiger partial charge in [-0.1, -0.05) is 60.7 Å². The third-order valence-electron chi connectivity index (χ3n) is 4.56. The van der Waals surface area contributed by atoms with Gasteiger partial charge in [0.1, 0.15) is 18.3 Å². The van der Waals surface area contributed by atoms with E-state index >= 15 is 0 Å². The molecule has 5 heteroatoms. The Labute approximate surface area is 154 Å². The minimum atomic E-state index is -0.800. The first-order valence-electron chi connectivity index (χ1n) is 8.86. The zero-order chi connectivity index (χ0) is 18.4. The Hall–Kier alpha value is -1.76. The van der Waals surface area contributed by atoms with Gasteiger partial charge in [-0.2, -0.15) is 0 Å². The number of benzene rings is 2.